The summed E-state index contributed by atoms with van der Waals surface area (Å²) in [6.45, 7) is 9.35. The van der Waals surface area contributed by atoms with Crippen LogP contribution in [0.2, 0.25) is 0 Å². The van der Waals surface area contributed by atoms with E-state index in [1.54, 1.807) is 19.9 Å². The van der Waals surface area contributed by atoms with Crippen LogP contribution in [0.5, 0.6) is 0 Å². The summed E-state index contributed by atoms with van der Waals surface area (Å²) in [5, 5.41) is 21.8. The van der Waals surface area contributed by atoms with E-state index in [-0.39, 0.29) is 60.0 Å². The molecule has 1 aliphatic carbocycles. The molecule has 0 aliphatic heterocycles. The number of aromatic nitrogens is 3. The van der Waals surface area contributed by atoms with Crippen molar-refractivity contribution in [2.24, 2.45) is 11.8 Å². The lowest BCUT2D eigenvalue weighted by Gasteiger charge is -2.39. The van der Waals surface area contributed by atoms with Crippen molar-refractivity contribution in [3.05, 3.63) is 76.6 Å². The van der Waals surface area contributed by atoms with Crippen LogP contribution in [0, 0.1) is 17.7 Å². The number of carbonyl (C=O) groups excluding carboxylic acids is 4. The second-order valence-corrected chi connectivity index (χ2v) is 14.0. The fraction of sp³-hybridized carbons (Fsp3) is 0.474. The third kappa shape index (κ3) is 9.08. The molecule has 55 heavy (non-hydrogen) atoms. The van der Waals surface area contributed by atoms with Crippen molar-refractivity contribution in [2.75, 3.05) is 11.9 Å². The number of rotatable bonds is 14. The molecule has 0 radical (unpaired) electrons. The Morgan fingerprint density at radius 1 is 0.964 bits per heavy atom. The fourth-order valence-corrected chi connectivity index (χ4v) is 6.79. The minimum absolute atomic E-state index is 0.0210. The molecule has 5 atom stereocenters. The molecule has 6 N–H and O–H groups in total. The Labute approximate surface area is 315 Å². The third-order valence-electron chi connectivity index (χ3n) is 10.3. The van der Waals surface area contributed by atoms with Gasteiger partial charge in [-0.05, 0) is 54.9 Å². The van der Waals surface area contributed by atoms with E-state index >= 15 is 0 Å². The summed E-state index contributed by atoms with van der Waals surface area (Å²) in [4.78, 5) is 57.4. The van der Waals surface area contributed by atoms with Crippen molar-refractivity contribution in [3.8, 4) is 0 Å². The second-order valence-electron chi connectivity index (χ2n) is 14.0. The van der Waals surface area contributed by atoms with Gasteiger partial charge < -0.3 is 30.7 Å². The van der Waals surface area contributed by atoms with Gasteiger partial charge >= 0.3 is 18.2 Å². The summed E-state index contributed by atoms with van der Waals surface area (Å²) in [5.41, 5.74) is -1.66. The highest BCUT2D eigenvalue weighted by Gasteiger charge is 2.47. The van der Waals surface area contributed by atoms with Crippen molar-refractivity contribution in [1.82, 2.24) is 36.4 Å². The molecule has 2 aromatic heterocycles. The summed E-state index contributed by atoms with van der Waals surface area (Å²) in [5.74, 6) is -3.32. The smallest absolute Gasteiger partial charge is 0.405 e. The number of hydrogen-bond acceptors (Lipinski definition) is 7. The summed E-state index contributed by atoms with van der Waals surface area (Å²) in [6, 6.07) is 6.73. The number of urea groups is 1. The molecule has 1 aliphatic rings. The zero-order chi connectivity index (χ0) is 40.1. The molecule has 13 nitrogen and oxygen atoms in total. The predicted molar refractivity (Wildman–Crippen MR) is 195 cm³/mol. The van der Waals surface area contributed by atoms with Gasteiger partial charge in [-0.2, -0.15) is 13.2 Å². The molecule has 17 heteroatoms. The van der Waals surface area contributed by atoms with Gasteiger partial charge in [-0.1, -0.05) is 76.0 Å². The first-order valence-electron chi connectivity index (χ1n) is 18.3. The van der Waals surface area contributed by atoms with E-state index in [0.717, 1.165) is 6.07 Å². The highest BCUT2D eigenvalue weighted by Crippen LogP contribution is 2.40. The van der Waals surface area contributed by atoms with Crippen molar-refractivity contribution >= 4 is 40.7 Å². The lowest BCUT2D eigenvalue weighted by Crippen LogP contribution is -2.65. The minimum Gasteiger partial charge on any atom is -0.405 e. The maximum atomic E-state index is 14.8. The molecule has 2 unspecified atom stereocenters. The van der Waals surface area contributed by atoms with Crippen LogP contribution < -0.4 is 26.6 Å². The fourth-order valence-electron chi connectivity index (χ4n) is 6.79. The third-order valence-corrected chi connectivity index (χ3v) is 10.3. The largest absolute Gasteiger partial charge is 0.418 e. The predicted octanol–water partition coefficient (Wildman–Crippen LogP) is 5.87. The van der Waals surface area contributed by atoms with Gasteiger partial charge in [0, 0.05) is 24.0 Å². The number of benzene rings is 2. The van der Waals surface area contributed by atoms with E-state index in [1.165, 1.54) is 30.3 Å². The molecular formula is C38H46F4N8O5. The Hall–Kier alpha value is -5.48. The lowest BCUT2D eigenvalue weighted by atomic mass is 9.78. The summed E-state index contributed by atoms with van der Waals surface area (Å²) < 4.78 is 62.4. The molecular weight excluding hydrogens is 724 g/mol. The molecule has 0 saturated heterocycles. The van der Waals surface area contributed by atoms with Gasteiger partial charge in [0.15, 0.2) is 0 Å². The van der Waals surface area contributed by atoms with Crippen LogP contribution in [0.25, 0.3) is 10.9 Å². The Bertz CT molecular complexity index is 2030. The van der Waals surface area contributed by atoms with E-state index in [2.05, 4.69) is 41.8 Å². The standard InChI is InChI=1S/C38H46F4N8O5/c1-6-20(4)29(45-28(51)18-22-12-9-10-15-26(22)39)32(52)48-37(17-16-27-24(19-37)23-13-11-14-25(31(23)44-27)38(40,41)42)34(53)46-30(21(5)7-2)33-49-50-36(55-33)47-35(54)43-8-3/h9-15,20-21,29-30,44H,6-8,16-19H2,1-5H3,(H,45,51)(H,46,53)(H,48,52)(H2,43,47,50,54)/t20?,21-,29-,30?,37+/m0/s1. The van der Waals surface area contributed by atoms with Gasteiger partial charge in [0.2, 0.25) is 23.6 Å². The van der Waals surface area contributed by atoms with Gasteiger partial charge in [0.1, 0.15) is 23.4 Å². The number of aromatic amines is 1. The number of anilines is 1. The van der Waals surface area contributed by atoms with Crippen LogP contribution in [-0.2, 0) is 39.8 Å². The van der Waals surface area contributed by atoms with Crippen molar-refractivity contribution < 1.29 is 41.2 Å². The van der Waals surface area contributed by atoms with E-state index in [4.69, 9.17) is 4.42 Å². The second kappa shape index (κ2) is 16.9. The molecule has 5 rings (SSSR count). The summed E-state index contributed by atoms with van der Waals surface area (Å²) >= 11 is 0. The summed E-state index contributed by atoms with van der Waals surface area (Å²) in [6.07, 6.45) is -4.14. The van der Waals surface area contributed by atoms with E-state index in [9.17, 15) is 36.7 Å². The number of H-pyrrole nitrogens is 1. The molecule has 4 aromatic rings. The van der Waals surface area contributed by atoms with Crippen LogP contribution >= 0.6 is 0 Å². The van der Waals surface area contributed by atoms with Crippen LogP contribution in [0.3, 0.4) is 0 Å². The lowest BCUT2D eigenvalue weighted by molar-refractivity contribution is -0.137. The number of carbonyl (C=O) groups is 4. The topological polar surface area (TPSA) is 183 Å². The Balaban J connectivity index is 1.52. The maximum Gasteiger partial charge on any atom is 0.418 e. The number of amides is 5. The number of fused-ring (bicyclic) bond motifs is 3. The molecule has 296 valence electrons. The van der Waals surface area contributed by atoms with Crippen molar-refractivity contribution in [3.63, 3.8) is 0 Å². The van der Waals surface area contributed by atoms with Gasteiger partial charge in [0.05, 0.1) is 17.5 Å². The number of halogens is 4. The number of nitrogens with zero attached hydrogens (tertiary/aromatic N) is 2. The average Bonchev–Trinajstić information content (AvgIpc) is 3.76. The molecule has 2 heterocycles. The molecule has 0 fully saturated rings. The first-order valence-corrected chi connectivity index (χ1v) is 18.3. The average molecular weight is 771 g/mol. The van der Waals surface area contributed by atoms with Crippen molar-refractivity contribution in [1.29, 1.82) is 0 Å². The van der Waals surface area contributed by atoms with Gasteiger partial charge in [-0.25, -0.2) is 9.18 Å². The van der Waals surface area contributed by atoms with Crippen LogP contribution in [0.4, 0.5) is 28.4 Å². The molecule has 2 aromatic carbocycles. The Kier molecular flexibility index (Phi) is 12.5. The van der Waals surface area contributed by atoms with Crippen molar-refractivity contribution in [2.45, 2.75) is 96.9 Å². The normalized spacial score (nSPS) is 17.7. The van der Waals surface area contributed by atoms with Crippen LogP contribution in [0.1, 0.15) is 88.2 Å². The van der Waals surface area contributed by atoms with Gasteiger partial charge in [-0.15, -0.1) is 5.10 Å². The van der Waals surface area contributed by atoms with Crippen LogP contribution in [-0.4, -0.2) is 57.1 Å². The summed E-state index contributed by atoms with van der Waals surface area (Å²) in [7, 11) is 0. The van der Waals surface area contributed by atoms with Crippen LogP contribution in [0.15, 0.2) is 46.9 Å². The minimum atomic E-state index is -4.65. The SMILES string of the molecule is CCNC(=O)Nc1nnc(C(NC(=O)[C@@]2(NC(=O)[C@@H](NC(=O)Cc3ccccc3F)C(C)CC)CCc3[nH]c4c(C(F)(F)F)cccc4c3C2)[C@@H](C)CC)o1. The van der Waals surface area contributed by atoms with E-state index in [0.29, 0.717) is 30.6 Å². The number of hydrogen-bond donors (Lipinski definition) is 6. The number of nitrogens with one attached hydrogen (secondary N) is 6. The molecule has 0 bridgehead atoms. The first kappa shape index (κ1) is 40.7. The number of para-hydroxylation sites is 1. The zero-order valence-electron chi connectivity index (χ0n) is 31.2. The highest BCUT2D eigenvalue weighted by atomic mass is 19.4. The van der Waals surface area contributed by atoms with E-state index < -0.39 is 64.9 Å². The number of alkyl halides is 3. The molecule has 5 amide bonds. The van der Waals surface area contributed by atoms with Gasteiger partial charge in [-0.3, -0.25) is 19.7 Å². The number of aryl methyl sites for hydroxylation is 1. The Morgan fingerprint density at radius 2 is 1.69 bits per heavy atom. The monoisotopic (exact) mass is 770 g/mol. The maximum absolute atomic E-state index is 14.8. The van der Waals surface area contributed by atoms with Gasteiger partial charge in [0.25, 0.3) is 0 Å². The van der Waals surface area contributed by atoms with E-state index in [1.807, 2.05) is 20.8 Å². The first-order chi connectivity index (χ1) is 26.1. The zero-order valence-corrected chi connectivity index (χ0v) is 31.2. The Morgan fingerprint density at radius 3 is 2.36 bits per heavy atom. The quantitative estimate of drug-likeness (QED) is 0.0867. The molecule has 0 spiro atoms. The highest BCUT2D eigenvalue weighted by molar-refractivity contribution is 5.97. The molecule has 0 saturated carbocycles.